The van der Waals surface area contributed by atoms with Crippen LogP contribution in [0.4, 0.5) is 0 Å². The van der Waals surface area contributed by atoms with E-state index in [0.29, 0.717) is 0 Å². The number of aliphatic hydroxyl groups is 1. The van der Waals surface area contributed by atoms with Gasteiger partial charge in [-0.25, -0.2) is 4.98 Å². The van der Waals surface area contributed by atoms with Gasteiger partial charge in [0.05, 0.1) is 11.0 Å². The average Bonchev–Trinajstić information content (AvgIpc) is 2.57. The summed E-state index contributed by atoms with van der Waals surface area (Å²) in [5.74, 6) is 0.939. The number of fused-ring (bicyclic) bond motifs is 3. The maximum atomic E-state index is 9.79. The van der Waals surface area contributed by atoms with Crippen LogP contribution in [0, 0.1) is 0 Å². The van der Waals surface area contributed by atoms with Crippen molar-refractivity contribution in [3.05, 3.63) is 24.0 Å². The number of nitrogens with zero attached hydrogens (tertiary/aromatic N) is 2. The molecule has 0 amide bonds. The molecule has 15 heavy (non-hydrogen) atoms. The highest BCUT2D eigenvalue weighted by Crippen LogP contribution is 2.29. The number of aliphatic hydroxyl groups excluding tert-OH is 1. The third-order valence-electron chi connectivity index (χ3n) is 2.92. The van der Waals surface area contributed by atoms with Gasteiger partial charge < -0.3 is 14.8 Å². The van der Waals surface area contributed by atoms with Crippen molar-refractivity contribution in [2.24, 2.45) is 0 Å². The Kier molecular flexibility index (Phi) is 1.73. The van der Waals surface area contributed by atoms with E-state index in [9.17, 15) is 10.2 Å². The summed E-state index contributed by atoms with van der Waals surface area (Å²) in [5, 5.41) is 19.1. The van der Waals surface area contributed by atoms with E-state index in [1.54, 1.807) is 12.1 Å². The zero-order chi connectivity index (χ0) is 10.4. The zero-order valence-electron chi connectivity index (χ0n) is 8.22. The first-order chi connectivity index (χ1) is 7.25. The van der Waals surface area contributed by atoms with Crippen molar-refractivity contribution in [1.29, 1.82) is 0 Å². The standard InChI is InChI=1S/C11H12N2O2/c14-7-3-4-9-8(6-7)12-11-10(15)2-1-5-13(9)11/h3-4,6,10,14-15H,1-2,5H2. The largest absolute Gasteiger partial charge is 0.508 e. The SMILES string of the molecule is Oc1ccc2c(c1)nc1n2CCCC1O. The first kappa shape index (κ1) is 8.73. The van der Waals surface area contributed by atoms with Gasteiger partial charge in [0.15, 0.2) is 0 Å². The van der Waals surface area contributed by atoms with Crippen LogP contribution in [0.15, 0.2) is 18.2 Å². The Bertz CT molecular complexity index is 519. The molecular formula is C11H12N2O2. The molecule has 2 aromatic rings. The maximum absolute atomic E-state index is 9.79. The minimum absolute atomic E-state index is 0.215. The van der Waals surface area contributed by atoms with Gasteiger partial charge in [-0.2, -0.15) is 0 Å². The van der Waals surface area contributed by atoms with Crippen molar-refractivity contribution < 1.29 is 10.2 Å². The van der Waals surface area contributed by atoms with E-state index < -0.39 is 6.10 Å². The molecule has 0 fully saturated rings. The van der Waals surface area contributed by atoms with Crippen LogP contribution in [0.1, 0.15) is 24.8 Å². The van der Waals surface area contributed by atoms with Gasteiger partial charge >= 0.3 is 0 Å². The second-order valence-electron chi connectivity index (χ2n) is 3.95. The first-order valence-corrected chi connectivity index (χ1v) is 5.13. The number of aromatic hydroxyl groups is 1. The third-order valence-corrected chi connectivity index (χ3v) is 2.92. The molecule has 0 aliphatic carbocycles. The Hall–Kier alpha value is -1.55. The minimum Gasteiger partial charge on any atom is -0.508 e. The second kappa shape index (κ2) is 2.97. The number of rotatable bonds is 0. The van der Waals surface area contributed by atoms with Gasteiger partial charge in [0, 0.05) is 12.6 Å². The highest BCUT2D eigenvalue weighted by Gasteiger charge is 2.21. The van der Waals surface area contributed by atoms with Crippen LogP contribution >= 0.6 is 0 Å². The highest BCUT2D eigenvalue weighted by atomic mass is 16.3. The fraction of sp³-hybridized carbons (Fsp3) is 0.364. The predicted octanol–water partition coefficient (Wildman–Crippen LogP) is 1.57. The van der Waals surface area contributed by atoms with Gasteiger partial charge in [-0.1, -0.05) is 0 Å². The summed E-state index contributed by atoms with van der Waals surface area (Å²) >= 11 is 0. The molecule has 0 bridgehead atoms. The van der Waals surface area contributed by atoms with Crippen molar-refractivity contribution in [1.82, 2.24) is 9.55 Å². The number of aromatic nitrogens is 2. The molecule has 4 nitrogen and oxygen atoms in total. The molecule has 4 heteroatoms. The Labute approximate surface area is 86.8 Å². The van der Waals surface area contributed by atoms with Gasteiger partial charge in [-0.15, -0.1) is 0 Å². The van der Waals surface area contributed by atoms with E-state index in [-0.39, 0.29) is 5.75 Å². The van der Waals surface area contributed by atoms with Gasteiger partial charge in [-0.3, -0.25) is 0 Å². The van der Waals surface area contributed by atoms with Crippen LogP contribution < -0.4 is 0 Å². The fourth-order valence-corrected chi connectivity index (χ4v) is 2.20. The predicted molar refractivity (Wildman–Crippen MR) is 55.6 cm³/mol. The van der Waals surface area contributed by atoms with Crippen molar-refractivity contribution in [2.75, 3.05) is 0 Å². The molecule has 0 radical (unpaired) electrons. The Morgan fingerprint density at radius 2 is 2.27 bits per heavy atom. The maximum Gasteiger partial charge on any atom is 0.138 e. The van der Waals surface area contributed by atoms with Crippen molar-refractivity contribution in [3.8, 4) is 5.75 Å². The van der Waals surface area contributed by atoms with Crippen LogP contribution in [-0.4, -0.2) is 19.8 Å². The lowest BCUT2D eigenvalue weighted by Crippen LogP contribution is -2.15. The van der Waals surface area contributed by atoms with E-state index in [2.05, 4.69) is 4.98 Å². The van der Waals surface area contributed by atoms with E-state index >= 15 is 0 Å². The molecule has 0 saturated carbocycles. The molecule has 1 aliphatic heterocycles. The van der Waals surface area contributed by atoms with Crippen LogP contribution in [0.25, 0.3) is 11.0 Å². The second-order valence-corrected chi connectivity index (χ2v) is 3.95. The summed E-state index contributed by atoms with van der Waals surface area (Å²) < 4.78 is 2.03. The summed E-state index contributed by atoms with van der Waals surface area (Å²) in [6, 6.07) is 5.13. The summed E-state index contributed by atoms with van der Waals surface area (Å²) in [5.41, 5.74) is 1.74. The Morgan fingerprint density at radius 3 is 3.13 bits per heavy atom. The lowest BCUT2D eigenvalue weighted by molar-refractivity contribution is 0.135. The number of benzene rings is 1. The number of aryl methyl sites for hydroxylation is 1. The van der Waals surface area contributed by atoms with E-state index in [1.165, 1.54) is 0 Å². The smallest absolute Gasteiger partial charge is 0.138 e. The van der Waals surface area contributed by atoms with E-state index in [0.717, 1.165) is 36.2 Å². The molecule has 1 aromatic carbocycles. The summed E-state index contributed by atoms with van der Waals surface area (Å²) in [7, 11) is 0. The molecular weight excluding hydrogens is 192 g/mol. The van der Waals surface area contributed by atoms with E-state index in [1.807, 2.05) is 10.6 Å². The van der Waals surface area contributed by atoms with Crippen LogP contribution in [0.5, 0.6) is 5.75 Å². The van der Waals surface area contributed by atoms with E-state index in [4.69, 9.17) is 0 Å². The Balaban J connectivity index is 2.30. The molecule has 2 N–H and O–H groups in total. The van der Waals surface area contributed by atoms with Crippen molar-refractivity contribution in [2.45, 2.75) is 25.5 Å². The van der Waals surface area contributed by atoms with Gasteiger partial charge in [0.25, 0.3) is 0 Å². The molecule has 0 spiro atoms. The lowest BCUT2D eigenvalue weighted by Gasteiger charge is -2.19. The summed E-state index contributed by atoms with van der Waals surface area (Å²) in [6.45, 7) is 0.896. The van der Waals surface area contributed by atoms with Crippen LogP contribution in [0.3, 0.4) is 0 Å². The molecule has 1 unspecified atom stereocenters. The lowest BCUT2D eigenvalue weighted by atomic mass is 10.1. The quantitative estimate of drug-likeness (QED) is 0.684. The van der Waals surface area contributed by atoms with Gasteiger partial charge in [0.2, 0.25) is 0 Å². The molecule has 0 saturated heterocycles. The van der Waals surface area contributed by atoms with Gasteiger partial charge in [0.1, 0.15) is 17.7 Å². The van der Waals surface area contributed by atoms with Crippen molar-refractivity contribution >= 4 is 11.0 Å². The molecule has 2 heterocycles. The topological polar surface area (TPSA) is 58.3 Å². The monoisotopic (exact) mass is 204 g/mol. The Morgan fingerprint density at radius 1 is 1.40 bits per heavy atom. The fourth-order valence-electron chi connectivity index (χ4n) is 2.20. The first-order valence-electron chi connectivity index (χ1n) is 5.13. The van der Waals surface area contributed by atoms with Crippen LogP contribution in [-0.2, 0) is 6.54 Å². The molecule has 1 atom stereocenters. The molecule has 3 rings (SSSR count). The number of imidazole rings is 1. The summed E-state index contributed by atoms with van der Waals surface area (Å²) in [4.78, 5) is 4.35. The number of phenolic OH excluding ortho intramolecular Hbond substituents is 1. The number of hydrogen-bond acceptors (Lipinski definition) is 3. The third kappa shape index (κ3) is 1.22. The zero-order valence-corrected chi connectivity index (χ0v) is 8.22. The number of hydrogen-bond donors (Lipinski definition) is 2. The highest BCUT2D eigenvalue weighted by molar-refractivity contribution is 5.77. The summed E-state index contributed by atoms with van der Waals surface area (Å²) in [6.07, 6.45) is 1.28. The number of phenols is 1. The molecule has 1 aromatic heterocycles. The van der Waals surface area contributed by atoms with Crippen molar-refractivity contribution in [3.63, 3.8) is 0 Å². The normalized spacial score (nSPS) is 20.5. The molecule has 78 valence electrons. The molecule has 1 aliphatic rings. The average molecular weight is 204 g/mol. The van der Waals surface area contributed by atoms with Crippen LogP contribution in [0.2, 0.25) is 0 Å². The minimum atomic E-state index is -0.465. The van der Waals surface area contributed by atoms with Gasteiger partial charge in [-0.05, 0) is 25.0 Å².